The first-order valence-corrected chi connectivity index (χ1v) is 14.5. The molecule has 0 unspecified atom stereocenters. The molecule has 8 heteroatoms. The van der Waals surface area contributed by atoms with Crippen LogP contribution in [-0.4, -0.2) is 36.0 Å². The summed E-state index contributed by atoms with van der Waals surface area (Å²) in [6.45, 7) is 3.86. The summed E-state index contributed by atoms with van der Waals surface area (Å²) in [6.07, 6.45) is 4.32. The van der Waals surface area contributed by atoms with E-state index in [4.69, 9.17) is 4.74 Å². The minimum atomic E-state index is -0.397. The number of carbonyl (C=O) groups excluding carboxylic acids is 3. The van der Waals surface area contributed by atoms with E-state index in [0.717, 1.165) is 70.6 Å². The fraction of sp³-hybridized carbons (Fsp3) is 0.367. The lowest BCUT2D eigenvalue weighted by atomic mass is 9.71. The van der Waals surface area contributed by atoms with Crippen molar-refractivity contribution in [3.63, 3.8) is 0 Å². The molecule has 0 aromatic heterocycles. The van der Waals surface area contributed by atoms with E-state index >= 15 is 0 Å². The molecule has 2 aromatic rings. The number of allylic oxidation sites excluding steroid dienone is 4. The normalized spacial score (nSPS) is 18.0. The Hall–Kier alpha value is -2.71. The summed E-state index contributed by atoms with van der Waals surface area (Å²) in [5, 5.41) is 2.87. The van der Waals surface area contributed by atoms with Gasteiger partial charge in [0.2, 0.25) is 0 Å². The molecule has 0 atom stereocenters. The zero-order chi connectivity index (χ0) is 27.1. The highest BCUT2D eigenvalue weighted by Gasteiger charge is 2.42. The Morgan fingerprint density at radius 2 is 1.50 bits per heavy atom. The lowest BCUT2D eigenvalue weighted by molar-refractivity contribution is -0.118. The van der Waals surface area contributed by atoms with Crippen molar-refractivity contribution in [2.75, 3.05) is 19.0 Å². The highest BCUT2D eigenvalue weighted by atomic mass is 79.9. The predicted molar refractivity (Wildman–Crippen MR) is 154 cm³/mol. The summed E-state index contributed by atoms with van der Waals surface area (Å²) in [7, 11) is 1.99. The second-order valence-corrected chi connectivity index (χ2v) is 11.9. The molecule has 1 N–H and O–H groups in total. The molecular formula is C30H30Br2N2O4. The van der Waals surface area contributed by atoms with Gasteiger partial charge in [0.05, 0.1) is 8.95 Å². The largest absolute Gasteiger partial charge is 0.481 e. The maximum atomic E-state index is 13.2. The van der Waals surface area contributed by atoms with Crippen LogP contribution in [-0.2, 0) is 14.4 Å². The predicted octanol–water partition coefficient (Wildman–Crippen LogP) is 6.89. The van der Waals surface area contributed by atoms with Gasteiger partial charge in [-0.25, -0.2) is 0 Å². The minimum Gasteiger partial charge on any atom is -0.481 e. The van der Waals surface area contributed by atoms with Crippen LogP contribution >= 0.6 is 31.9 Å². The topological polar surface area (TPSA) is 75.7 Å². The quantitative estimate of drug-likeness (QED) is 0.385. The number of ketones is 2. The summed E-state index contributed by atoms with van der Waals surface area (Å²) in [5.74, 6) is 0.0562. The van der Waals surface area contributed by atoms with E-state index in [0.29, 0.717) is 27.5 Å². The van der Waals surface area contributed by atoms with Crippen molar-refractivity contribution in [1.29, 1.82) is 0 Å². The molecule has 5 rings (SSSR count). The number of anilines is 1. The zero-order valence-corrected chi connectivity index (χ0v) is 24.9. The maximum Gasteiger partial charge on any atom is 0.262 e. The van der Waals surface area contributed by atoms with Gasteiger partial charge in [0, 0.05) is 54.0 Å². The van der Waals surface area contributed by atoms with Crippen LogP contribution in [0, 0.1) is 13.8 Å². The fourth-order valence-corrected chi connectivity index (χ4v) is 7.17. The lowest BCUT2D eigenvalue weighted by Crippen LogP contribution is -2.37. The van der Waals surface area contributed by atoms with Gasteiger partial charge < -0.3 is 15.0 Å². The van der Waals surface area contributed by atoms with Crippen molar-refractivity contribution >= 4 is 55.0 Å². The van der Waals surface area contributed by atoms with Crippen LogP contribution in [0.1, 0.15) is 61.1 Å². The zero-order valence-electron chi connectivity index (χ0n) is 21.7. The highest BCUT2D eigenvalue weighted by molar-refractivity contribution is 9.11. The molecule has 0 saturated heterocycles. The average molecular weight is 642 g/mol. The smallest absolute Gasteiger partial charge is 0.262 e. The highest BCUT2D eigenvalue weighted by Crippen LogP contribution is 2.50. The lowest BCUT2D eigenvalue weighted by Gasteiger charge is -2.42. The van der Waals surface area contributed by atoms with Gasteiger partial charge >= 0.3 is 0 Å². The van der Waals surface area contributed by atoms with Crippen LogP contribution in [0.5, 0.6) is 5.75 Å². The van der Waals surface area contributed by atoms with E-state index in [1.54, 1.807) is 0 Å². The molecule has 1 aliphatic heterocycles. The van der Waals surface area contributed by atoms with Crippen molar-refractivity contribution in [2.45, 2.75) is 58.3 Å². The van der Waals surface area contributed by atoms with Crippen LogP contribution in [0.2, 0.25) is 0 Å². The third kappa shape index (κ3) is 5.00. The van der Waals surface area contributed by atoms with Crippen LogP contribution < -0.4 is 10.1 Å². The summed E-state index contributed by atoms with van der Waals surface area (Å²) in [5.41, 5.74) is 7.40. The first-order chi connectivity index (χ1) is 18.2. The van der Waals surface area contributed by atoms with Gasteiger partial charge in [-0.05, 0) is 112 Å². The molecule has 0 bridgehead atoms. The molecule has 0 fully saturated rings. The number of hydrogen-bond donors (Lipinski definition) is 1. The standard InChI is InChI=1S/C30H30Br2N2O4/c1-16-10-11-19(12-17(16)2)33-26(37)15-38-30-20(31)13-18(14-21(30)32)27-28-22(6-4-8-24(28)35)34(3)23-7-5-9-25(36)29(23)27/h10-14,27H,4-9,15H2,1-3H3,(H,33,37). The van der Waals surface area contributed by atoms with Gasteiger partial charge in [0.25, 0.3) is 5.91 Å². The van der Waals surface area contributed by atoms with Crippen LogP contribution in [0.15, 0.2) is 61.8 Å². The summed E-state index contributed by atoms with van der Waals surface area (Å²) in [6, 6.07) is 9.59. The molecule has 0 spiro atoms. The van der Waals surface area contributed by atoms with E-state index in [-0.39, 0.29) is 24.1 Å². The Labute approximate surface area is 239 Å². The van der Waals surface area contributed by atoms with Gasteiger partial charge in [-0.3, -0.25) is 14.4 Å². The number of nitrogens with zero attached hydrogens (tertiary/aromatic N) is 1. The number of ether oxygens (including phenoxy) is 1. The summed E-state index contributed by atoms with van der Waals surface area (Å²) >= 11 is 7.24. The molecule has 1 amide bonds. The third-order valence-electron chi connectivity index (χ3n) is 7.74. The molecule has 38 heavy (non-hydrogen) atoms. The van der Waals surface area contributed by atoms with Crippen LogP contribution in [0.3, 0.4) is 0 Å². The van der Waals surface area contributed by atoms with Gasteiger partial charge in [-0.1, -0.05) is 6.07 Å². The molecule has 198 valence electrons. The number of hydrogen-bond acceptors (Lipinski definition) is 5. The van der Waals surface area contributed by atoms with Gasteiger partial charge in [0.15, 0.2) is 18.2 Å². The molecule has 2 aliphatic carbocycles. The van der Waals surface area contributed by atoms with Crippen molar-refractivity contribution in [3.8, 4) is 5.75 Å². The van der Waals surface area contributed by atoms with Crippen molar-refractivity contribution in [3.05, 3.63) is 78.5 Å². The number of carbonyl (C=O) groups is 3. The van der Waals surface area contributed by atoms with Gasteiger partial charge in [-0.2, -0.15) is 0 Å². The van der Waals surface area contributed by atoms with Crippen molar-refractivity contribution in [1.82, 2.24) is 4.90 Å². The average Bonchev–Trinajstić information content (AvgIpc) is 2.87. The Balaban J connectivity index is 1.43. The number of rotatable bonds is 5. The molecular weight excluding hydrogens is 612 g/mol. The Morgan fingerprint density at radius 1 is 0.921 bits per heavy atom. The number of nitrogens with one attached hydrogen (secondary N) is 1. The van der Waals surface area contributed by atoms with E-state index in [2.05, 4.69) is 42.1 Å². The first kappa shape index (κ1) is 26.9. The van der Waals surface area contributed by atoms with E-state index < -0.39 is 5.92 Å². The number of aryl methyl sites for hydroxylation is 2. The van der Waals surface area contributed by atoms with Crippen LogP contribution in [0.25, 0.3) is 0 Å². The summed E-state index contributed by atoms with van der Waals surface area (Å²) < 4.78 is 7.20. The Kier molecular flexibility index (Phi) is 7.65. The molecule has 0 saturated carbocycles. The Bertz CT molecular complexity index is 1360. The number of amides is 1. The number of halogens is 2. The van der Waals surface area contributed by atoms with Gasteiger partial charge in [0.1, 0.15) is 5.75 Å². The summed E-state index contributed by atoms with van der Waals surface area (Å²) in [4.78, 5) is 41.1. The number of Topliss-reactive ketones (excluding diaryl/α,β-unsaturated/α-hetero) is 2. The third-order valence-corrected chi connectivity index (χ3v) is 8.91. The van der Waals surface area contributed by atoms with Crippen molar-refractivity contribution in [2.24, 2.45) is 0 Å². The fourth-order valence-electron chi connectivity index (χ4n) is 5.72. The minimum absolute atomic E-state index is 0.114. The molecule has 3 aliphatic rings. The molecule has 2 aromatic carbocycles. The van der Waals surface area contributed by atoms with E-state index in [9.17, 15) is 14.4 Å². The maximum absolute atomic E-state index is 13.2. The Morgan fingerprint density at radius 3 is 2.05 bits per heavy atom. The number of benzene rings is 2. The van der Waals surface area contributed by atoms with Crippen LogP contribution in [0.4, 0.5) is 5.69 Å². The first-order valence-electron chi connectivity index (χ1n) is 12.9. The second-order valence-electron chi connectivity index (χ2n) is 10.2. The SMILES string of the molecule is Cc1ccc(NC(=O)COc2c(Br)cc(C3C4=C(CCCC4=O)N(C)C4=C3C(=O)CCC4)cc2Br)cc1C. The van der Waals surface area contributed by atoms with Gasteiger partial charge in [-0.15, -0.1) is 0 Å². The van der Waals surface area contributed by atoms with E-state index in [1.807, 2.05) is 51.2 Å². The molecule has 1 heterocycles. The monoisotopic (exact) mass is 640 g/mol. The second kappa shape index (κ2) is 10.8. The molecule has 6 nitrogen and oxygen atoms in total. The van der Waals surface area contributed by atoms with Crippen molar-refractivity contribution < 1.29 is 19.1 Å². The van der Waals surface area contributed by atoms with E-state index in [1.165, 1.54) is 0 Å². The molecule has 0 radical (unpaired) electrons.